The maximum Gasteiger partial charge on any atom is 0.244 e. The van der Waals surface area contributed by atoms with Crippen molar-refractivity contribution < 1.29 is 14.3 Å². The molecule has 3 aromatic rings. The standard InChI is InChI=1S/C21H23N3O3/c1-3-27-19-14-15(8-10-18(19)26-2)9-11-21(25)22-13-12-20-23-16-6-4-5-7-17(16)24-20/h4-11,14H,3,12-13H2,1-2H3,(H,22,25)(H,23,24)/b11-9+. The Kier molecular flexibility index (Phi) is 6.10. The van der Waals surface area contributed by atoms with Crippen LogP contribution in [-0.2, 0) is 11.2 Å². The zero-order valence-electron chi connectivity index (χ0n) is 15.5. The lowest BCUT2D eigenvalue weighted by Crippen LogP contribution is -2.23. The van der Waals surface area contributed by atoms with Gasteiger partial charge in [-0.15, -0.1) is 0 Å². The van der Waals surface area contributed by atoms with E-state index in [0.717, 1.165) is 22.4 Å². The topological polar surface area (TPSA) is 76.2 Å². The van der Waals surface area contributed by atoms with Crippen LogP contribution in [0, 0.1) is 0 Å². The van der Waals surface area contributed by atoms with Gasteiger partial charge in [-0.3, -0.25) is 4.79 Å². The lowest BCUT2D eigenvalue weighted by Gasteiger charge is -2.09. The van der Waals surface area contributed by atoms with E-state index in [-0.39, 0.29) is 5.91 Å². The Labute approximate surface area is 158 Å². The summed E-state index contributed by atoms with van der Waals surface area (Å²) in [5.41, 5.74) is 2.80. The quantitative estimate of drug-likeness (QED) is 0.600. The van der Waals surface area contributed by atoms with Crippen LogP contribution in [0.25, 0.3) is 17.1 Å². The van der Waals surface area contributed by atoms with E-state index in [4.69, 9.17) is 9.47 Å². The molecule has 0 fully saturated rings. The summed E-state index contributed by atoms with van der Waals surface area (Å²) in [6, 6.07) is 13.4. The number of nitrogens with one attached hydrogen (secondary N) is 2. The first-order valence-corrected chi connectivity index (χ1v) is 8.90. The normalized spacial score (nSPS) is 11.0. The molecule has 0 unspecified atom stereocenters. The number of hydrogen-bond acceptors (Lipinski definition) is 4. The largest absolute Gasteiger partial charge is 0.493 e. The number of carbonyl (C=O) groups excluding carboxylic acids is 1. The summed E-state index contributed by atoms with van der Waals surface area (Å²) in [5, 5.41) is 2.87. The molecule has 1 amide bonds. The summed E-state index contributed by atoms with van der Waals surface area (Å²) in [4.78, 5) is 19.8. The number of imidazole rings is 1. The summed E-state index contributed by atoms with van der Waals surface area (Å²) < 4.78 is 10.8. The SMILES string of the molecule is CCOc1cc(/C=C/C(=O)NCCc2nc3ccccc3[nH]2)ccc1OC. The predicted molar refractivity (Wildman–Crippen MR) is 106 cm³/mol. The molecule has 0 atom stereocenters. The number of fused-ring (bicyclic) bond motifs is 1. The van der Waals surface area contributed by atoms with Crippen molar-refractivity contribution >= 4 is 23.0 Å². The Morgan fingerprint density at radius 3 is 2.85 bits per heavy atom. The van der Waals surface area contributed by atoms with Gasteiger partial charge in [0.05, 0.1) is 24.8 Å². The Morgan fingerprint density at radius 2 is 2.07 bits per heavy atom. The Balaban J connectivity index is 1.53. The lowest BCUT2D eigenvalue weighted by molar-refractivity contribution is -0.116. The zero-order valence-corrected chi connectivity index (χ0v) is 15.5. The molecule has 0 aliphatic carbocycles. The molecule has 6 nitrogen and oxygen atoms in total. The third-order valence-electron chi connectivity index (χ3n) is 4.01. The Hall–Kier alpha value is -3.28. The van der Waals surface area contributed by atoms with Crippen molar-refractivity contribution in [2.24, 2.45) is 0 Å². The maximum atomic E-state index is 12.0. The van der Waals surface area contributed by atoms with E-state index >= 15 is 0 Å². The van der Waals surface area contributed by atoms with Gasteiger partial charge < -0.3 is 19.8 Å². The Bertz CT molecular complexity index is 914. The highest BCUT2D eigenvalue weighted by Crippen LogP contribution is 2.28. The minimum Gasteiger partial charge on any atom is -0.493 e. The van der Waals surface area contributed by atoms with Gasteiger partial charge in [-0.05, 0) is 42.8 Å². The number of aromatic amines is 1. The number of hydrogen-bond donors (Lipinski definition) is 2. The van der Waals surface area contributed by atoms with Crippen LogP contribution >= 0.6 is 0 Å². The van der Waals surface area contributed by atoms with Gasteiger partial charge in [0.1, 0.15) is 5.82 Å². The van der Waals surface area contributed by atoms with Crippen molar-refractivity contribution in [2.45, 2.75) is 13.3 Å². The number of aromatic nitrogens is 2. The van der Waals surface area contributed by atoms with Crippen LogP contribution in [0.5, 0.6) is 11.5 Å². The molecule has 0 saturated carbocycles. The molecular formula is C21H23N3O3. The van der Waals surface area contributed by atoms with Gasteiger partial charge in [-0.2, -0.15) is 0 Å². The molecule has 27 heavy (non-hydrogen) atoms. The molecule has 0 saturated heterocycles. The van der Waals surface area contributed by atoms with Gasteiger partial charge in [0.2, 0.25) is 5.91 Å². The van der Waals surface area contributed by atoms with Crippen LogP contribution in [-0.4, -0.2) is 36.1 Å². The van der Waals surface area contributed by atoms with E-state index in [1.165, 1.54) is 6.08 Å². The first-order valence-electron chi connectivity index (χ1n) is 8.90. The Morgan fingerprint density at radius 1 is 1.22 bits per heavy atom. The highest BCUT2D eigenvalue weighted by atomic mass is 16.5. The molecule has 0 aliphatic rings. The summed E-state index contributed by atoms with van der Waals surface area (Å²) in [7, 11) is 1.60. The number of para-hydroxylation sites is 2. The highest BCUT2D eigenvalue weighted by molar-refractivity contribution is 5.91. The summed E-state index contributed by atoms with van der Waals surface area (Å²) in [6.45, 7) is 2.97. The highest BCUT2D eigenvalue weighted by Gasteiger charge is 2.05. The summed E-state index contributed by atoms with van der Waals surface area (Å²) >= 11 is 0. The minimum absolute atomic E-state index is 0.153. The number of carbonyl (C=O) groups is 1. The van der Waals surface area contributed by atoms with Crippen molar-refractivity contribution in [2.75, 3.05) is 20.3 Å². The van der Waals surface area contributed by atoms with E-state index in [9.17, 15) is 4.79 Å². The predicted octanol–water partition coefficient (Wildman–Crippen LogP) is 3.34. The molecule has 0 bridgehead atoms. The second-order valence-electron chi connectivity index (χ2n) is 5.92. The van der Waals surface area contributed by atoms with Crippen LogP contribution in [0.4, 0.5) is 0 Å². The van der Waals surface area contributed by atoms with Gasteiger partial charge in [0.25, 0.3) is 0 Å². The zero-order chi connectivity index (χ0) is 19.1. The number of rotatable bonds is 8. The number of H-pyrrole nitrogens is 1. The fraction of sp³-hybridized carbons (Fsp3) is 0.238. The van der Waals surface area contributed by atoms with Crippen LogP contribution < -0.4 is 14.8 Å². The third kappa shape index (κ3) is 4.88. The average molecular weight is 365 g/mol. The second kappa shape index (κ2) is 8.89. The van der Waals surface area contributed by atoms with Gasteiger partial charge in [0.15, 0.2) is 11.5 Å². The second-order valence-corrected chi connectivity index (χ2v) is 5.92. The van der Waals surface area contributed by atoms with Crippen LogP contribution in [0.1, 0.15) is 18.3 Å². The van der Waals surface area contributed by atoms with E-state index in [2.05, 4.69) is 15.3 Å². The number of amides is 1. The molecule has 1 aromatic heterocycles. The lowest BCUT2D eigenvalue weighted by atomic mass is 10.2. The number of methoxy groups -OCH3 is 1. The molecule has 0 radical (unpaired) electrons. The summed E-state index contributed by atoms with van der Waals surface area (Å²) in [6.07, 6.45) is 3.90. The molecule has 3 rings (SSSR count). The molecule has 2 aromatic carbocycles. The van der Waals surface area contributed by atoms with Gasteiger partial charge in [-0.1, -0.05) is 18.2 Å². The van der Waals surface area contributed by atoms with Crippen LogP contribution in [0.3, 0.4) is 0 Å². The average Bonchev–Trinajstić information content (AvgIpc) is 3.09. The molecule has 140 valence electrons. The molecule has 1 heterocycles. The molecule has 0 spiro atoms. The smallest absolute Gasteiger partial charge is 0.244 e. The third-order valence-corrected chi connectivity index (χ3v) is 4.01. The van der Waals surface area contributed by atoms with Crippen molar-refractivity contribution in [3.63, 3.8) is 0 Å². The van der Waals surface area contributed by atoms with Crippen molar-refractivity contribution in [3.05, 3.63) is 59.9 Å². The van der Waals surface area contributed by atoms with E-state index in [1.54, 1.807) is 13.2 Å². The van der Waals surface area contributed by atoms with Crippen molar-refractivity contribution in [1.29, 1.82) is 0 Å². The number of nitrogens with zero attached hydrogens (tertiary/aromatic N) is 1. The van der Waals surface area contributed by atoms with E-state index in [0.29, 0.717) is 31.1 Å². The van der Waals surface area contributed by atoms with Crippen LogP contribution in [0.15, 0.2) is 48.5 Å². The van der Waals surface area contributed by atoms with Crippen LogP contribution in [0.2, 0.25) is 0 Å². The molecule has 2 N–H and O–H groups in total. The van der Waals surface area contributed by atoms with Gasteiger partial charge in [-0.25, -0.2) is 4.98 Å². The molecule has 0 aliphatic heterocycles. The number of ether oxygens (including phenoxy) is 2. The maximum absolute atomic E-state index is 12.0. The van der Waals surface area contributed by atoms with Crippen molar-refractivity contribution in [1.82, 2.24) is 15.3 Å². The van der Waals surface area contributed by atoms with Gasteiger partial charge in [0, 0.05) is 19.0 Å². The van der Waals surface area contributed by atoms with E-state index in [1.807, 2.05) is 49.4 Å². The first kappa shape index (κ1) is 18.5. The van der Waals surface area contributed by atoms with Crippen molar-refractivity contribution in [3.8, 4) is 11.5 Å². The number of benzene rings is 2. The molecular weight excluding hydrogens is 342 g/mol. The fourth-order valence-corrected chi connectivity index (χ4v) is 2.72. The first-order chi connectivity index (χ1) is 13.2. The van der Waals surface area contributed by atoms with E-state index < -0.39 is 0 Å². The monoisotopic (exact) mass is 365 g/mol. The van der Waals surface area contributed by atoms with Gasteiger partial charge >= 0.3 is 0 Å². The fourth-order valence-electron chi connectivity index (χ4n) is 2.72. The molecule has 6 heteroatoms. The summed E-state index contributed by atoms with van der Waals surface area (Å²) in [5.74, 6) is 2.04. The minimum atomic E-state index is -0.153.